The number of sulfonamides is 1. The molecule has 6 nitrogen and oxygen atoms in total. The van der Waals surface area contributed by atoms with Crippen molar-refractivity contribution in [1.29, 1.82) is 0 Å². The van der Waals surface area contributed by atoms with Gasteiger partial charge in [0.05, 0.1) is 12.5 Å². The van der Waals surface area contributed by atoms with E-state index in [-0.39, 0.29) is 5.03 Å². The van der Waals surface area contributed by atoms with E-state index < -0.39 is 10.0 Å². The molecule has 1 rings (SSSR count). The third-order valence-electron chi connectivity index (χ3n) is 2.06. The van der Waals surface area contributed by atoms with Crippen LogP contribution in [0.15, 0.2) is 17.6 Å². The molecule has 0 saturated carbocycles. The van der Waals surface area contributed by atoms with Gasteiger partial charge in [-0.05, 0) is 13.0 Å². The number of imidazole rings is 1. The fraction of sp³-hybridized carbons (Fsp3) is 0.625. The molecule has 0 aliphatic heterocycles. The third kappa shape index (κ3) is 2.77. The van der Waals surface area contributed by atoms with Gasteiger partial charge in [-0.1, -0.05) is 6.92 Å². The minimum Gasteiger partial charge on any atom is -0.335 e. The largest absolute Gasteiger partial charge is 0.335 e. The van der Waals surface area contributed by atoms with Crippen molar-refractivity contribution in [2.45, 2.75) is 18.4 Å². The van der Waals surface area contributed by atoms with E-state index >= 15 is 0 Å². The van der Waals surface area contributed by atoms with Crippen LogP contribution in [0.1, 0.15) is 13.3 Å². The Bertz CT molecular complexity index is 373. The number of H-pyrrole nitrogens is 1. The van der Waals surface area contributed by atoms with Crippen LogP contribution in [-0.2, 0) is 10.0 Å². The Balaban J connectivity index is 2.83. The van der Waals surface area contributed by atoms with Crippen molar-refractivity contribution in [1.82, 2.24) is 14.3 Å². The van der Waals surface area contributed by atoms with Crippen LogP contribution in [0.3, 0.4) is 0 Å². The summed E-state index contributed by atoms with van der Waals surface area (Å²) >= 11 is 0. The zero-order chi connectivity index (χ0) is 11.3. The molecule has 0 aliphatic rings. The number of aromatic nitrogens is 2. The molecule has 0 aromatic carbocycles. The maximum atomic E-state index is 11.9. The van der Waals surface area contributed by atoms with Gasteiger partial charge >= 0.3 is 0 Å². The van der Waals surface area contributed by atoms with Crippen LogP contribution in [-0.4, -0.2) is 42.3 Å². The first-order chi connectivity index (χ1) is 7.12. The van der Waals surface area contributed by atoms with E-state index in [0.717, 1.165) is 0 Å². The standard InChI is InChI=1S/C8H16N4O2S/c1-2-12(5-3-4-9)15(13,14)8-6-10-7-11-8/h6-7H,2-5,9H2,1H3,(H,10,11). The van der Waals surface area contributed by atoms with Gasteiger partial charge < -0.3 is 10.7 Å². The molecule has 1 aromatic heterocycles. The highest BCUT2D eigenvalue weighted by Crippen LogP contribution is 2.11. The zero-order valence-electron chi connectivity index (χ0n) is 8.68. The molecule has 0 fully saturated rings. The van der Waals surface area contributed by atoms with Crippen LogP contribution < -0.4 is 5.73 Å². The predicted octanol–water partition coefficient (Wildman–Crippen LogP) is -0.231. The minimum absolute atomic E-state index is 0.126. The molecule has 0 spiro atoms. The second-order valence-electron chi connectivity index (χ2n) is 3.05. The van der Waals surface area contributed by atoms with Gasteiger partial charge in [-0.2, -0.15) is 4.31 Å². The Hall–Kier alpha value is -0.920. The summed E-state index contributed by atoms with van der Waals surface area (Å²) in [6, 6.07) is 0. The summed E-state index contributed by atoms with van der Waals surface area (Å²) < 4.78 is 25.3. The highest BCUT2D eigenvalue weighted by molar-refractivity contribution is 7.89. The average Bonchev–Trinajstić information content (AvgIpc) is 2.72. The van der Waals surface area contributed by atoms with Crippen LogP contribution in [0.4, 0.5) is 0 Å². The summed E-state index contributed by atoms with van der Waals surface area (Å²) in [5, 5.41) is 0.126. The van der Waals surface area contributed by atoms with E-state index in [0.29, 0.717) is 26.1 Å². The second kappa shape index (κ2) is 5.24. The minimum atomic E-state index is -3.42. The molecule has 0 atom stereocenters. The smallest absolute Gasteiger partial charge is 0.260 e. The first-order valence-corrected chi connectivity index (χ1v) is 6.25. The lowest BCUT2D eigenvalue weighted by Gasteiger charge is -2.18. The van der Waals surface area contributed by atoms with Crippen molar-refractivity contribution in [2.75, 3.05) is 19.6 Å². The maximum absolute atomic E-state index is 11.9. The Morgan fingerprint density at radius 2 is 2.33 bits per heavy atom. The number of nitrogens with zero attached hydrogens (tertiary/aromatic N) is 2. The summed E-state index contributed by atoms with van der Waals surface area (Å²) in [5.74, 6) is 0. The van der Waals surface area contributed by atoms with Gasteiger partial charge in [-0.25, -0.2) is 13.4 Å². The molecule has 86 valence electrons. The Labute approximate surface area is 89.5 Å². The van der Waals surface area contributed by atoms with Gasteiger partial charge in [0, 0.05) is 13.1 Å². The number of rotatable bonds is 6. The normalized spacial score (nSPS) is 12.2. The van der Waals surface area contributed by atoms with Crippen LogP contribution in [0.25, 0.3) is 0 Å². The van der Waals surface area contributed by atoms with Gasteiger partial charge in [-0.3, -0.25) is 0 Å². The molecule has 0 amide bonds. The number of hydrogen-bond donors (Lipinski definition) is 2. The van der Waals surface area contributed by atoms with Crippen molar-refractivity contribution in [3.8, 4) is 0 Å². The van der Waals surface area contributed by atoms with Crippen molar-refractivity contribution < 1.29 is 8.42 Å². The first kappa shape index (κ1) is 12.2. The van der Waals surface area contributed by atoms with Gasteiger partial charge in [0.1, 0.15) is 0 Å². The van der Waals surface area contributed by atoms with Gasteiger partial charge in [-0.15, -0.1) is 0 Å². The van der Waals surface area contributed by atoms with Crippen LogP contribution >= 0.6 is 0 Å². The van der Waals surface area contributed by atoms with E-state index in [1.54, 1.807) is 6.92 Å². The lowest BCUT2D eigenvalue weighted by Crippen LogP contribution is -2.33. The molecular formula is C8H16N4O2S. The molecule has 0 aliphatic carbocycles. The van der Waals surface area contributed by atoms with E-state index in [1.807, 2.05) is 0 Å². The number of nitrogens with one attached hydrogen (secondary N) is 1. The summed E-state index contributed by atoms with van der Waals surface area (Å²) in [7, 11) is -3.42. The second-order valence-corrected chi connectivity index (χ2v) is 4.96. The topological polar surface area (TPSA) is 92.1 Å². The molecule has 1 heterocycles. The molecule has 0 bridgehead atoms. The Kier molecular flexibility index (Phi) is 4.25. The highest BCUT2D eigenvalue weighted by Gasteiger charge is 2.23. The molecule has 0 saturated heterocycles. The summed E-state index contributed by atoms with van der Waals surface area (Å²) in [5.41, 5.74) is 5.35. The number of hydrogen-bond acceptors (Lipinski definition) is 4. The van der Waals surface area contributed by atoms with Crippen LogP contribution in [0.5, 0.6) is 0 Å². The quantitative estimate of drug-likeness (QED) is 0.708. The van der Waals surface area contributed by atoms with Crippen molar-refractivity contribution in [2.24, 2.45) is 5.73 Å². The monoisotopic (exact) mass is 232 g/mol. The SMILES string of the molecule is CCN(CCCN)S(=O)(=O)c1cnc[nH]1. The fourth-order valence-corrected chi connectivity index (χ4v) is 2.62. The lowest BCUT2D eigenvalue weighted by molar-refractivity contribution is 0.421. The lowest BCUT2D eigenvalue weighted by atomic mass is 10.4. The van der Waals surface area contributed by atoms with Crippen molar-refractivity contribution in [3.63, 3.8) is 0 Å². The highest BCUT2D eigenvalue weighted by atomic mass is 32.2. The van der Waals surface area contributed by atoms with E-state index in [2.05, 4.69) is 9.97 Å². The third-order valence-corrected chi connectivity index (χ3v) is 3.95. The predicted molar refractivity (Wildman–Crippen MR) is 56.7 cm³/mol. The molecule has 7 heteroatoms. The van der Waals surface area contributed by atoms with Crippen LogP contribution in [0, 0.1) is 0 Å². The Morgan fingerprint density at radius 3 is 2.80 bits per heavy atom. The van der Waals surface area contributed by atoms with E-state index in [4.69, 9.17) is 5.73 Å². The van der Waals surface area contributed by atoms with Gasteiger partial charge in [0.2, 0.25) is 0 Å². The van der Waals surface area contributed by atoms with Gasteiger partial charge in [0.25, 0.3) is 10.0 Å². The fourth-order valence-electron chi connectivity index (χ4n) is 1.24. The average molecular weight is 232 g/mol. The zero-order valence-corrected chi connectivity index (χ0v) is 9.50. The van der Waals surface area contributed by atoms with Gasteiger partial charge in [0.15, 0.2) is 5.03 Å². The molecule has 15 heavy (non-hydrogen) atoms. The first-order valence-electron chi connectivity index (χ1n) is 4.81. The van der Waals surface area contributed by atoms with Crippen LogP contribution in [0.2, 0.25) is 0 Å². The van der Waals surface area contributed by atoms with Crippen molar-refractivity contribution in [3.05, 3.63) is 12.5 Å². The summed E-state index contributed by atoms with van der Waals surface area (Å²) in [4.78, 5) is 6.30. The number of aromatic amines is 1. The molecule has 1 aromatic rings. The van der Waals surface area contributed by atoms with Crippen molar-refractivity contribution >= 4 is 10.0 Å². The molecular weight excluding hydrogens is 216 g/mol. The summed E-state index contributed by atoms with van der Waals surface area (Å²) in [6.45, 7) is 3.15. The summed E-state index contributed by atoms with van der Waals surface area (Å²) in [6.07, 6.45) is 3.31. The molecule has 0 radical (unpaired) electrons. The Morgan fingerprint density at radius 1 is 1.60 bits per heavy atom. The van der Waals surface area contributed by atoms with E-state index in [9.17, 15) is 8.42 Å². The van der Waals surface area contributed by atoms with E-state index in [1.165, 1.54) is 16.8 Å². The molecule has 0 unspecified atom stereocenters. The number of nitrogens with two attached hydrogens (primary N) is 1. The maximum Gasteiger partial charge on any atom is 0.260 e. The molecule has 3 N–H and O–H groups in total.